The molecule has 1 saturated heterocycles. The van der Waals surface area contributed by atoms with Crippen molar-refractivity contribution in [3.8, 4) is 0 Å². The molecule has 2 heterocycles. The highest BCUT2D eigenvalue weighted by Crippen LogP contribution is 2.23. The fourth-order valence-electron chi connectivity index (χ4n) is 1.66. The van der Waals surface area contributed by atoms with Crippen LogP contribution in [0.25, 0.3) is 0 Å². The van der Waals surface area contributed by atoms with E-state index in [9.17, 15) is 4.39 Å². The van der Waals surface area contributed by atoms with Gasteiger partial charge in [0.15, 0.2) is 5.82 Å². The first kappa shape index (κ1) is 11.7. The van der Waals surface area contributed by atoms with Gasteiger partial charge in [-0.05, 0) is 18.2 Å². The van der Waals surface area contributed by atoms with Crippen LogP contribution in [0.15, 0.2) is 33.7 Å². The lowest BCUT2D eigenvalue weighted by Crippen LogP contribution is -2.40. The van der Waals surface area contributed by atoms with Gasteiger partial charge < -0.3 is 9.84 Å². The van der Waals surface area contributed by atoms with Gasteiger partial charge in [-0.2, -0.15) is 4.98 Å². The van der Waals surface area contributed by atoms with Crippen molar-refractivity contribution >= 4 is 11.8 Å². The molecule has 0 saturated carbocycles. The molecule has 0 bridgehead atoms. The number of hydrogen-bond donors (Lipinski definition) is 1. The number of halogens is 1. The van der Waals surface area contributed by atoms with E-state index < -0.39 is 0 Å². The molecule has 0 spiro atoms. The van der Waals surface area contributed by atoms with E-state index in [2.05, 4.69) is 15.5 Å². The summed E-state index contributed by atoms with van der Waals surface area (Å²) in [5.74, 6) is 2.07. The van der Waals surface area contributed by atoms with Crippen LogP contribution in [0.3, 0.4) is 0 Å². The zero-order chi connectivity index (χ0) is 12.4. The molecule has 0 radical (unpaired) electrons. The third-order valence-electron chi connectivity index (χ3n) is 2.78. The minimum atomic E-state index is -0.227. The Hall–Kier alpha value is -1.40. The first-order chi connectivity index (χ1) is 8.81. The Kier molecular flexibility index (Phi) is 3.29. The Morgan fingerprint density at radius 1 is 1.44 bits per heavy atom. The second-order valence-corrected chi connectivity index (χ2v) is 5.20. The van der Waals surface area contributed by atoms with Crippen LogP contribution in [-0.4, -0.2) is 23.2 Å². The van der Waals surface area contributed by atoms with E-state index in [1.54, 1.807) is 6.07 Å². The zero-order valence-electron chi connectivity index (χ0n) is 9.60. The van der Waals surface area contributed by atoms with Crippen LogP contribution >= 0.6 is 11.8 Å². The normalized spacial score (nSPS) is 15.6. The van der Waals surface area contributed by atoms with Crippen molar-refractivity contribution in [1.29, 1.82) is 0 Å². The molecular formula is C12H12FN3OS. The van der Waals surface area contributed by atoms with Crippen molar-refractivity contribution in [2.45, 2.75) is 16.6 Å². The van der Waals surface area contributed by atoms with Gasteiger partial charge in [-0.3, -0.25) is 0 Å². The average Bonchev–Trinajstić information content (AvgIpc) is 2.73. The Morgan fingerprint density at radius 2 is 2.33 bits per heavy atom. The maximum atomic E-state index is 13.0. The van der Waals surface area contributed by atoms with Gasteiger partial charge in [-0.1, -0.05) is 11.2 Å². The summed E-state index contributed by atoms with van der Waals surface area (Å²) in [5.41, 5.74) is 0. The summed E-state index contributed by atoms with van der Waals surface area (Å²) in [5, 5.41) is 7.09. The predicted octanol–water partition coefficient (Wildman–Crippen LogP) is 2.19. The largest absolute Gasteiger partial charge is 0.339 e. The molecule has 4 nitrogen and oxygen atoms in total. The van der Waals surface area contributed by atoms with Gasteiger partial charge in [0.1, 0.15) is 5.82 Å². The summed E-state index contributed by atoms with van der Waals surface area (Å²) in [6.45, 7) is 1.80. The molecule has 1 N–H and O–H groups in total. The molecule has 1 aliphatic rings. The van der Waals surface area contributed by atoms with E-state index >= 15 is 0 Å². The summed E-state index contributed by atoms with van der Waals surface area (Å²) in [6, 6.07) is 6.49. The maximum Gasteiger partial charge on any atom is 0.232 e. The van der Waals surface area contributed by atoms with Gasteiger partial charge >= 0.3 is 0 Å². The first-order valence-corrected chi connectivity index (χ1v) is 6.71. The monoisotopic (exact) mass is 265 g/mol. The van der Waals surface area contributed by atoms with Crippen molar-refractivity contribution in [3.05, 3.63) is 41.8 Å². The molecule has 94 valence electrons. The molecule has 2 aromatic rings. The number of thioether (sulfide) groups is 1. The lowest BCUT2D eigenvalue weighted by molar-refractivity contribution is 0.306. The smallest absolute Gasteiger partial charge is 0.232 e. The van der Waals surface area contributed by atoms with Crippen LogP contribution in [0.2, 0.25) is 0 Å². The van der Waals surface area contributed by atoms with Gasteiger partial charge in [0.2, 0.25) is 5.89 Å². The summed E-state index contributed by atoms with van der Waals surface area (Å²) < 4.78 is 18.2. The van der Waals surface area contributed by atoms with E-state index in [4.69, 9.17) is 4.52 Å². The molecule has 0 unspecified atom stereocenters. The Balaban J connectivity index is 1.61. The fourth-order valence-corrected chi connectivity index (χ4v) is 2.44. The molecular weight excluding hydrogens is 253 g/mol. The lowest BCUT2D eigenvalue weighted by Gasteiger charge is -2.22. The number of benzene rings is 1. The number of aromatic nitrogens is 2. The molecule has 18 heavy (non-hydrogen) atoms. The van der Waals surface area contributed by atoms with Crippen LogP contribution in [0, 0.1) is 5.82 Å². The number of rotatable bonds is 4. The SMILES string of the molecule is Fc1cccc(SCc2noc(C3CNC3)n2)c1. The number of nitrogens with zero attached hydrogens (tertiary/aromatic N) is 2. The second kappa shape index (κ2) is 5.07. The third kappa shape index (κ3) is 2.54. The number of nitrogens with one attached hydrogen (secondary N) is 1. The highest BCUT2D eigenvalue weighted by Gasteiger charge is 2.24. The Bertz CT molecular complexity index is 542. The molecule has 1 aromatic carbocycles. The summed E-state index contributed by atoms with van der Waals surface area (Å²) >= 11 is 1.50. The van der Waals surface area contributed by atoms with Crippen LogP contribution in [-0.2, 0) is 5.75 Å². The standard InChI is InChI=1S/C12H12FN3OS/c13-9-2-1-3-10(4-9)18-7-11-15-12(17-16-11)8-5-14-6-8/h1-4,8,14H,5-7H2. The van der Waals surface area contributed by atoms with Gasteiger partial charge in [0, 0.05) is 18.0 Å². The van der Waals surface area contributed by atoms with E-state index in [1.807, 2.05) is 6.07 Å². The van der Waals surface area contributed by atoms with Crippen molar-refractivity contribution in [1.82, 2.24) is 15.5 Å². The molecule has 1 fully saturated rings. The van der Waals surface area contributed by atoms with Crippen LogP contribution in [0.5, 0.6) is 0 Å². The minimum absolute atomic E-state index is 0.227. The van der Waals surface area contributed by atoms with Crippen LogP contribution < -0.4 is 5.32 Å². The summed E-state index contributed by atoms with van der Waals surface area (Å²) in [7, 11) is 0. The minimum Gasteiger partial charge on any atom is -0.339 e. The van der Waals surface area contributed by atoms with Gasteiger partial charge in [0.05, 0.1) is 11.7 Å². The van der Waals surface area contributed by atoms with E-state index in [-0.39, 0.29) is 5.82 Å². The Labute approximate surface area is 108 Å². The quantitative estimate of drug-likeness (QED) is 0.859. The molecule has 0 aliphatic carbocycles. The van der Waals surface area contributed by atoms with Crippen LogP contribution in [0.4, 0.5) is 4.39 Å². The van der Waals surface area contributed by atoms with Crippen LogP contribution in [0.1, 0.15) is 17.6 Å². The maximum absolute atomic E-state index is 13.0. The molecule has 0 atom stereocenters. The molecule has 6 heteroatoms. The van der Waals surface area contributed by atoms with Crippen molar-refractivity contribution in [3.63, 3.8) is 0 Å². The van der Waals surface area contributed by atoms with Gasteiger partial charge in [-0.25, -0.2) is 4.39 Å². The highest BCUT2D eigenvalue weighted by molar-refractivity contribution is 7.98. The predicted molar refractivity (Wildman–Crippen MR) is 65.9 cm³/mol. The summed E-state index contributed by atoms with van der Waals surface area (Å²) in [4.78, 5) is 5.20. The van der Waals surface area contributed by atoms with E-state index in [0.717, 1.165) is 18.0 Å². The second-order valence-electron chi connectivity index (χ2n) is 4.15. The molecule has 1 aliphatic heterocycles. The first-order valence-electron chi connectivity index (χ1n) is 5.73. The zero-order valence-corrected chi connectivity index (χ0v) is 10.4. The van der Waals surface area contributed by atoms with Gasteiger partial charge in [-0.15, -0.1) is 11.8 Å². The summed E-state index contributed by atoms with van der Waals surface area (Å²) in [6.07, 6.45) is 0. The van der Waals surface area contributed by atoms with E-state index in [0.29, 0.717) is 23.4 Å². The lowest BCUT2D eigenvalue weighted by atomic mass is 10.0. The highest BCUT2D eigenvalue weighted by atomic mass is 32.2. The topological polar surface area (TPSA) is 51.0 Å². The molecule has 1 aromatic heterocycles. The molecule has 0 amide bonds. The van der Waals surface area contributed by atoms with E-state index in [1.165, 1.54) is 23.9 Å². The van der Waals surface area contributed by atoms with Crippen molar-refractivity contribution < 1.29 is 8.91 Å². The third-order valence-corrected chi connectivity index (χ3v) is 3.77. The fraction of sp³-hybridized carbons (Fsp3) is 0.333. The van der Waals surface area contributed by atoms with Gasteiger partial charge in [0.25, 0.3) is 0 Å². The van der Waals surface area contributed by atoms with Crippen molar-refractivity contribution in [2.75, 3.05) is 13.1 Å². The van der Waals surface area contributed by atoms with Crippen molar-refractivity contribution in [2.24, 2.45) is 0 Å². The Morgan fingerprint density at radius 3 is 3.06 bits per heavy atom. The number of hydrogen-bond acceptors (Lipinski definition) is 5. The average molecular weight is 265 g/mol. The molecule has 3 rings (SSSR count).